The van der Waals surface area contributed by atoms with Gasteiger partial charge in [-0.1, -0.05) is 28.1 Å². The fourth-order valence-electron chi connectivity index (χ4n) is 0.965. The number of hydrogen-bond acceptors (Lipinski definition) is 2. The molecule has 0 aliphatic rings. The van der Waals surface area contributed by atoms with Crippen LogP contribution in [0.25, 0.3) is 0 Å². The highest BCUT2D eigenvalue weighted by Crippen LogP contribution is 2.24. The maximum absolute atomic E-state index is 4.47. The van der Waals surface area contributed by atoms with Crippen molar-refractivity contribution in [2.45, 2.75) is 5.37 Å². The zero-order chi connectivity index (χ0) is 9.14. The normalized spacial score (nSPS) is 13.4. The lowest BCUT2D eigenvalue weighted by molar-refractivity contribution is 0.393. The van der Waals surface area contributed by atoms with Gasteiger partial charge in [0.2, 0.25) is 0 Å². The summed E-state index contributed by atoms with van der Waals surface area (Å²) in [4.78, 5) is 2.06. The lowest BCUT2D eigenvalue weighted by atomic mass is 10.2. The van der Waals surface area contributed by atoms with Gasteiger partial charge in [-0.15, -0.1) is 0 Å². The van der Waals surface area contributed by atoms with Crippen LogP contribution in [-0.4, -0.2) is 19.0 Å². The van der Waals surface area contributed by atoms with Crippen LogP contribution in [0.15, 0.2) is 28.7 Å². The number of rotatable bonds is 2. The molecule has 0 radical (unpaired) electrons. The molecule has 1 atom stereocenters. The third kappa shape index (κ3) is 2.51. The first-order valence-corrected chi connectivity index (χ1v) is 5.02. The SMILES string of the molecule is CN(C)C(S)c1cccc(Br)c1. The zero-order valence-electron chi connectivity index (χ0n) is 7.16. The molecule has 0 N–H and O–H groups in total. The van der Waals surface area contributed by atoms with Crippen LogP contribution in [0.2, 0.25) is 0 Å². The van der Waals surface area contributed by atoms with Gasteiger partial charge in [0.15, 0.2) is 0 Å². The summed E-state index contributed by atoms with van der Waals surface area (Å²) in [5.41, 5.74) is 1.21. The molecule has 0 heterocycles. The second-order valence-corrected chi connectivity index (χ2v) is 4.30. The summed E-state index contributed by atoms with van der Waals surface area (Å²) in [6, 6.07) is 8.19. The molecule has 0 bridgehead atoms. The lowest BCUT2D eigenvalue weighted by Gasteiger charge is -2.19. The average Bonchev–Trinajstić information content (AvgIpc) is 2.03. The van der Waals surface area contributed by atoms with E-state index in [-0.39, 0.29) is 5.37 Å². The van der Waals surface area contributed by atoms with Crippen molar-refractivity contribution in [1.82, 2.24) is 4.90 Å². The quantitative estimate of drug-likeness (QED) is 0.620. The van der Waals surface area contributed by atoms with E-state index in [1.807, 2.05) is 26.2 Å². The second-order valence-electron chi connectivity index (χ2n) is 2.89. The molecule has 0 fully saturated rings. The highest BCUT2D eigenvalue weighted by molar-refractivity contribution is 9.10. The van der Waals surface area contributed by atoms with Crippen molar-refractivity contribution < 1.29 is 0 Å². The maximum Gasteiger partial charge on any atom is 0.0780 e. The maximum atomic E-state index is 4.47. The predicted molar refractivity (Wildman–Crippen MR) is 59.6 cm³/mol. The fourth-order valence-corrected chi connectivity index (χ4v) is 1.54. The minimum atomic E-state index is 0.169. The molecule has 0 spiro atoms. The van der Waals surface area contributed by atoms with Crippen molar-refractivity contribution in [3.63, 3.8) is 0 Å². The Morgan fingerprint density at radius 3 is 2.58 bits per heavy atom. The van der Waals surface area contributed by atoms with Crippen molar-refractivity contribution in [2.24, 2.45) is 0 Å². The summed E-state index contributed by atoms with van der Waals surface area (Å²) in [6.07, 6.45) is 0. The summed E-state index contributed by atoms with van der Waals surface area (Å²) in [6.45, 7) is 0. The molecule has 1 aromatic rings. The van der Waals surface area contributed by atoms with Crippen LogP contribution in [0.3, 0.4) is 0 Å². The Bertz CT molecular complexity index is 262. The topological polar surface area (TPSA) is 3.24 Å². The standard InChI is InChI=1S/C9H12BrNS/c1-11(2)9(12)7-4-3-5-8(10)6-7/h3-6,9,12H,1-2H3. The van der Waals surface area contributed by atoms with Crippen LogP contribution in [0.4, 0.5) is 0 Å². The summed E-state index contributed by atoms with van der Waals surface area (Å²) in [7, 11) is 4.02. The molecule has 0 aromatic heterocycles. The van der Waals surface area contributed by atoms with E-state index >= 15 is 0 Å². The monoisotopic (exact) mass is 245 g/mol. The Labute approximate surface area is 87.3 Å². The van der Waals surface area contributed by atoms with Gasteiger partial charge in [-0.2, -0.15) is 12.6 Å². The van der Waals surface area contributed by atoms with Crippen molar-refractivity contribution in [2.75, 3.05) is 14.1 Å². The molecule has 1 rings (SSSR count). The molecule has 0 saturated carbocycles. The van der Waals surface area contributed by atoms with E-state index in [2.05, 4.69) is 45.6 Å². The van der Waals surface area contributed by atoms with E-state index in [4.69, 9.17) is 0 Å². The lowest BCUT2D eigenvalue weighted by Crippen LogP contribution is -2.14. The Hall–Kier alpha value is 0.01000. The van der Waals surface area contributed by atoms with Crippen LogP contribution in [0.1, 0.15) is 10.9 Å². The van der Waals surface area contributed by atoms with Gasteiger partial charge >= 0.3 is 0 Å². The Morgan fingerprint density at radius 2 is 2.08 bits per heavy atom. The zero-order valence-corrected chi connectivity index (χ0v) is 9.64. The first kappa shape index (κ1) is 10.1. The summed E-state index contributed by atoms with van der Waals surface area (Å²) in [5, 5.41) is 0.169. The molecule has 0 amide bonds. The number of halogens is 1. The van der Waals surface area contributed by atoms with Crippen LogP contribution >= 0.6 is 28.6 Å². The van der Waals surface area contributed by atoms with Crippen molar-refractivity contribution >= 4 is 28.6 Å². The molecule has 1 unspecified atom stereocenters. The third-order valence-corrected chi connectivity index (χ3v) is 2.89. The van der Waals surface area contributed by atoms with E-state index < -0.39 is 0 Å². The number of hydrogen-bond donors (Lipinski definition) is 1. The van der Waals surface area contributed by atoms with Crippen LogP contribution in [0.5, 0.6) is 0 Å². The summed E-state index contributed by atoms with van der Waals surface area (Å²) >= 11 is 7.89. The molecule has 1 nitrogen and oxygen atoms in total. The van der Waals surface area contributed by atoms with Crippen LogP contribution in [0, 0.1) is 0 Å². The van der Waals surface area contributed by atoms with Gasteiger partial charge in [-0.25, -0.2) is 0 Å². The Kier molecular flexibility index (Phi) is 3.62. The first-order chi connectivity index (χ1) is 5.61. The van der Waals surface area contributed by atoms with E-state index in [1.165, 1.54) is 5.56 Å². The molecule has 1 aromatic carbocycles. The smallest absolute Gasteiger partial charge is 0.0780 e. The molecule has 66 valence electrons. The molecule has 0 saturated heterocycles. The molecule has 0 aliphatic heterocycles. The van der Waals surface area contributed by atoms with Gasteiger partial charge in [-0.05, 0) is 31.8 Å². The first-order valence-electron chi connectivity index (χ1n) is 3.71. The fraction of sp³-hybridized carbons (Fsp3) is 0.333. The van der Waals surface area contributed by atoms with Gasteiger partial charge in [0, 0.05) is 4.47 Å². The predicted octanol–water partition coefficient (Wildman–Crippen LogP) is 2.94. The highest BCUT2D eigenvalue weighted by Gasteiger charge is 2.07. The van der Waals surface area contributed by atoms with E-state index in [9.17, 15) is 0 Å². The molecule has 0 aliphatic carbocycles. The molecular weight excluding hydrogens is 234 g/mol. The van der Waals surface area contributed by atoms with E-state index in [0.29, 0.717) is 0 Å². The second kappa shape index (κ2) is 4.30. The highest BCUT2D eigenvalue weighted by atomic mass is 79.9. The van der Waals surface area contributed by atoms with Gasteiger partial charge in [0.05, 0.1) is 5.37 Å². The van der Waals surface area contributed by atoms with E-state index in [0.717, 1.165) is 4.47 Å². The summed E-state index contributed by atoms with van der Waals surface area (Å²) < 4.78 is 1.10. The van der Waals surface area contributed by atoms with Crippen molar-refractivity contribution in [3.8, 4) is 0 Å². The van der Waals surface area contributed by atoms with Gasteiger partial charge in [-0.3, -0.25) is 4.90 Å². The van der Waals surface area contributed by atoms with Gasteiger partial charge < -0.3 is 0 Å². The third-order valence-electron chi connectivity index (χ3n) is 1.64. The van der Waals surface area contributed by atoms with Crippen LogP contribution in [-0.2, 0) is 0 Å². The van der Waals surface area contributed by atoms with Gasteiger partial charge in [0.1, 0.15) is 0 Å². The average molecular weight is 246 g/mol. The Balaban J connectivity index is 2.88. The van der Waals surface area contributed by atoms with Gasteiger partial charge in [0.25, 0.3) is 0 Å². The molecule has 12 heavy (non-hydrogen) atoms. The Morgan fingerprint density at radius 1 is 1.42 bits per heavy atom. The van der Waals surface area contributed by atoms with Crippen molar-refractivity contribution in [3.05, 3.63) is 34.3 Å². The van der Waals surface area contributed by atoms with Crippen molar-refractivity contribution in [1.29, 1.82) is 0 Å². The number of nitrogens with zero attached hydrogens (tertiary/aromatic N) is 1. The largest absolute Gasteiger partial charge is 0.294 e. The number of benzene rings is 1. The van der Waals surface area contributed by atoms with E-state index in [1.54, 1.807) is 0 Å². The summed E-state index contributed by atoms with van der Waals surface area (Å²) in [5.74, 6) is 0. The number of thiol groups is 1. The molecule has 3 heteroatoms. The molecular formula is C9H12BrNS. The van der Waals surface area contributed by atoms with Crippen LogP contribution < -0.4 is 0 Å². The minimum Gasteiger partial charge on any atom is -0.294 e. The minimum absolute atomic E-state index is 0.169.